The average Bonchev–Trinajstić information content (AvgIpc) is 2.83. The van der Waals surface area contributed by atoms with Crippen LogP contribution in [-0.4, -0.2) is 37.1 Å². The number of benzene rings is 3. The highest BCUT2D eigenvalue weighted by Gasteiger charge is 2.18. The molecule has 0 fully saturated rings. The number of carbonyl (C=O) groups excluding carboxylic acids is 2. The van der Waals surface area contributed by atoms with Gasteiger partial charge in [0.15, 0.2) is 17.2 Å². The summed E-state index contributed by atoms with van der Waals surface area (Å²) in [6, 6.07) is 15.3. The third-order valence-corrected chi connectivity index (χ3v) is 4.84. The van der Waals surface area contributed by atoms with Gasteiger partial charge in [0, 0.05) is 34.6 Å². The number of rotatable bonds is 6. The lowest BCUT2D eigenvalue weighted by molar-refractivity contribution is -0.385. The van der Waals surface area contributed by atoms with Gasteiger partial charge in [-0.2, -0.15) is 0 Å². The van der Waals surface area contributed by atoms with Crippen molar-refractivity contribution in [1.82, 2.24) is 0 Å². The van der Waals surface area contributed by atoms with Crippen molar-refractivity contribution in [2.45, 2.75) is 0 Å². The van der Waals surface area contributed by atoms with Crippen molar-refractivity contribution in [2.75, 3.05) is 31.0 Å². The number of ether oxygens (including phenoxy) is 3. The Kier molecular flexibility index (Phi) is 6.07. The fraction of sp³-hybridized carbons (Fsp3) is 0.130. The van der Waals surface area contributed by atoms with Gasteiger partial charge in [-0.05, 0) is 48.5 Å². The number of anilines is 2. The molecule has 2 N–H and O–H groups in total. The number of amides is 2. The van der Waals surface area contributed by atoms with Crippen molar-refractivity contribution in [3.05, 3.63) is 81.9 Å². The molecular formula is C23H19N3O7. The molecule has 0 aliphatic carbocycles. The van der Waals surface area contributed by atoms with Gasteiger partial charge in [0.2, 0.25) is 0 Å². The van der Waals surface area contributed by atoms with Crippen LogP contribution in [0.25, 0.3) is 0 Å². The molecule has 0 atom stereocenters. The van der Waals surface area contributed by atoms with Crippen LogP contribution in [-0.2, 0) is 0 Å². The Morgan fingerprint density at radius 3 is 2.15 bits per heavy atom. The maximum absolute atomic E-state index is 12.6. The normalized spacial score (nSPS) is 11.9. The maximum Gasteiger partial charge on any atom is 0.311 e. The van der Waals surface area contributed by atoms with E-state index in [0.29, 0.717) is 41.7 Å². The second-order valence-corrected chi connectivity index (χ2v) is 6.99. The zero-order chi connectivity index (χ0) is 23.4. The van der Waals surface area contributed by atoms with Gasteiger partial charge in [-0.1, -0.05) is 0 Å². The number of nitrogens with zero attached hydrogens (tertiary/aromatic N) is 1. The minimum Gasteiger partial charge on any atom is -0.490 e. The standard InChI is InChI=1S/C23H19N3O7/c1-31-19-8-4-15(12-18(19)26(29)30)23(28)24-16-5-2-14(3-6-16)22(27)25-17-7-9-20-21(13-17)33-11-10-32-20/h2-9,12-13H,10-11H2,1H3,(H,24,28)(H,25,27). The second kappa shape index (κ2) is 9.27. The zero-order valence-corrected chi connectivity index (χ0v) is 17.5. The highest BCUT2D eigenvalue weighted by atomic mass is 16.6. The maximum atomic E-state index is 12.6. The van der Waals surface area contributed by atoms with E-state index in [0.717, 1.165) is 6.07 Å². The topological polar surface area (TPSA) is 129 Å². The van der Waals surface area contributed by atoms with Crippen molar-refractivity contribution in [2.24, 2.45) is 0 Å². The van der Waals surface area contributed by atoms with E-state index >= 15 is 0 Å². The van der Waals surface area contributed by atoms with E-state index in [2.05, 4.69) is 10.6 Å². The number of carbonyl (C=O) groups is 2. The molecular weight excluding hydrogens is 430 g/mol. The number of nitrogens with one attached hydrogen (secondary N) is 2. The molecule has 0 saturated carbocycles. The largest absolute Gasteiger partial charge is 0.490 e. The number of nitro benzene ring substituents is 1. The Balaban J connectivity index is 1.42. The number of nitro groups is 1. The number of fused-ring (bicyclic) bond motifs is 1. The third-order valence-electron chi connectivity index (χ3n) is 4.84. The predicted molar refractivity (Wildman–Crippen MR) is 119 cm³/mol. The Morgan fingerprint density at radius 1 is 0.848 bits per heavy atom. The van der Waals surface area contributed by atoms with E-state index in [4.69, 9.17) is 14.2 Å². The summed E-state index contributed by atoms with van der Waals surface area (Å²) in [5.41, 5.74) is 1.15. The van der Waals surface area contributed by atoms with E-state index in [-0.39, 0.29) is 22.9 Å². The predicted octanol–water partition coefficient (Wildman–Crippen LogP) is 3.88. The van der Waals surface area contributed by atoms with Crippen LogP contribution in [0.1, 0.15) is 20.7 Å². The minimum atomic E-state index is -0.620. The lowest BCUT2D eigenvalue weighted by Gasteiger charge is -2.19. The summed E-state index contributed by atoms with van der Waals surface area (Å²) in [4.78, 5) is 35.6. The molecule has 4 rings (SSSR count). The molecule has 10 heteroatoms. The van der Waals surface area contributed by atoms with Crippen molar-refractivity contribution in [3.8, 4) is 17.2 Å². The summed E-state index contributed by atoms with van der Waals surface area (Å²) in [6.45, 7) is 0.929. The van der Waals surface area contributed by atoms with Crippen LogP contribution in [0.4, 0.5) is 17.1 Å². The molecule has 10 nitrogen and oxygen atoms in total. The van der Waals surface area contributed by atoms with Crippen LogP contribution < -0.4 is 24.8 Å². The monoisotopic (exact) mass is 449 g/mol. The Labute approximate surface area is 188 Å². The molecule has 168 valence electrons. The van der Waals surface area contributed by atoms with Crippen LogP contribution >= 0.6 is 0 Å². The Hall–Kier alpha value is -4.60. The number of hydrogen-bond acceptors (Lipinski definition) is 7. The highest BCUT2D eigenvalue weighted by molar-refractivity contribution is 6.06. The first-order chi connectivity index (χ1) is 15.9. The molecule has 0 unspecified atom stereocenters. The van der Waals surface area contributed by atoms with Gasteiger partial charge < -0.3 is 24.8 Å². The van der Waals surface area contributed by atoms with Crippen molar-refractivity contribution in [1.29, 1.82) is 0 Å². The van der Waals surface area contributed by atoms with Gasteiger partial charge in [-0.3, -0.25) is 19.7 Å². The number of hydrogen-bond donors (Lipinski definition) is 2. The van der Waals surface area contributed by atoms with Crippen LogP contribution in [0.15, 0.2) is 60.7 Å². The van der Waals surface area contributed by atoms with Gasteiger partial charge in [-0.25, -0.2) is 0 Å². The van der Waals surface area contributed by atoms with Crippen molar-refractivity contribution >= 4 is 28.9 Å². The summed E-state index contributed by atoms with van der Waals surface area (Å²) < 4.78 is 15.9. The van der Waals surface area contributed by atoms with Gasteiger partial charge in [0.05, 0.1) is 12.0 Å². The lowest BCUT2D eigenvalue weighted by atomic mass is 10.1. The summed E-state index contributed by atoms with van der Waals surface area (Å²) in [6.07, 6.45) is 0. The van der Waals surface area contributed by atoms with E-state index in [1.165, 1.54) is 19.2 Å². The highest BCUT2D eigenvalue weighted by Crippen LogP contribution is 2.33. The van der Waals surface area contributed by atoms with E-state index in [1.807, 2.05) is 0 Å². The molecule has 2 amide bonds. The molecule has 3 aromatic rings. The summed E-state index contributed by atoms with van der Waals surface area (Å²) in [5.74, 6) is 0.381. The first kappa shape index (κ1) is 21.6. The lowest BCUT2D eigenvalue weighted by Crippen LogP contribution is -2.16. The molecule has 0 radical (unpaired) electrons. The minimum absolute atomic E-state index is 0.0601. The molecule has 3 aromatic carbocycles. The third kappa shape index (κ3) is 4.85. The zero-order valence-electron chi connectivity index (χ0n) is 17.5. The summed E-state index contributed by atoms with van der Waals surface area (Å²) in [7, 11) is 1.31. The van der Waals surface area contributed by atoms with Gasteiger partial charge >= 0.3 is 5.69 Å². The summed E-state index contributed by atoms with van der Waals surface area (Å²) in [5, 5.41) is 16.6. The molecule has 1 aliphatic rings. The SMILES string of the molecule is COc1ccc(C(=O)Nc2ccc(C(=O)Nc3ccc4c(c3)OCCO4)cc2)cc1[N+](=O)[O-]. The summed E-state index contributed by atoms with van der Waals surface area (Å²) >= 11 is 0. The molecule has 33 heavy (non-hydrogen) atoms. The van der Waals surface area contributed by atoms with Crippen LogP contribution in [0.5, 0.6) is 17.2 Å². The molecule has 1 heterocycles. The van der Waals surface area contributed by atoms with E-state index < -0.39 is 10.8 Å². The molecule has 0 spiro atoms. The van der Waals surface area contributed by atoms with E-state index in [9.17, 15) is 19.7 Å². The average molecular weight is 449 g/mol. The van der Waals surface area contributed by atoms with Crippen LogP contribution in [0.3, 0.4) is 0 Å². The quantitative estimate of drug-likeness (QED) is 0.432. The fourth-order valence-corrected chi connectivity index (χ4v) is 3.21. The van der Waals surface area contributed by atoms with Crippen molar-refractivity contribution in [3.63, 3.8) is 0 Å². The Bertz CT molecular complexity index is 1230. The molecule has 0 aromatic heterocycles. The Morgan fingerprint density at radius 2 is 1.45 bits per heavy atom. The smallest absolute Gasteiger partial charge is 0.311 e. The van der Waals surface area contributed by atoms with Crippen LogP contribution in [0.2, 0.25) is 0 Å². The second-order valence-electron chi connectivity index (χ2n) is 6.99. The first-order valence-corrected chi connectivity index (χ1v) is 9.89. The number of methoxy groups -OCH3 is 1. The fourth-order valence-electron chi connectivity index (χ4n) is 3.21. The molecule has 0 bridgehead atoms. The van der Waals surface area contributed by atoms with E-state index in [1.54, 1.807) is 42.5 Å². The first-order valence-electron chi connectivity index (χ1n) is 9.89. The molecule has 1 aliphatic heterocycles. The van der Waals surface area contributed by atoms with Gasteiger partial charge in [-0.15, -0.1) is 0 Å². The molecule has 0 saturated heterocycles. The van der Waals surface area contributed by atoms with Gasteiger partial charge in [0.25, 0.3) is 11.8 Å². The van der Waals surface area contributed by atoms with Crippen molar-refractivity contribution < 1.29 is 28.7 Å². The van der Waals surface area contributed by atoms with Crippen LogP contribution in [0, 0.1) is 10.1 Å². The van der Waals surface area contributed by atoms with Gasteiger partial charge in [0.1, 0.15) is 13.2 Å².